The fraction of sp³-hybridized carbons (Fsp3) is 0.333. The molecule has 1 rings (SSSR count). The van der Waals surface area contributed by atoms with Crippen LogP contribution in [0.5, 0.6) is 0 Å². The second-order valence-corrected chi connectivity index (χ2v) is 3.11. The highest BCUT2D eigenvalue weighted by Crippen LogP contribution is 2.30. The summed E-state index contributed by atoms with van der Waals surface area (Å²) in [5, 5.41) is 10.5. The molecule has 0 saturated carbocycles. The second kappa shape index (κ2) is 5.34. The zero-order chi connectivity index (χ0) is 13.9. The molecule has 0 spiro atoms. The van der Waals surface area contributed by atoms with Crippen LogP contribution in [0.4, 0.5) is 20.4 Å². The molecular weight excluding hydrogens is 252 g/mol. The van der Waals surface area contributed by atoms with Crippen molar-refractivity contribution in [3.05, 3.63) is 27.3 Å². The van der Waals surface area contributed by atoms with E-state index in [2.05, 4.69) is 9.72 Å². The first-order valence-corrected chi connectivity index (χ1v) is 4.78. The second-order valence-electron chi connectivity index (χ2n) is 3.11. The van der Waals surface area contributed by atoms with Crippen LogP contribution >= 0.6 is 0 Å². The molecule has 0 aliphatic carbocycles. The van der Waals surface area contributed by atoms with Gasteiger partial charge in [0.2, 0.25) is 0 Å². The number of pyridine rings is 1. The van der Waals surface area contributed by atoms with Crippen LogP contribution in [-0.2, 0) is 4.74 Å². The average Bonchev–Trinajstić information content (AvgIpc) is 2.28. The van der Waals surface area contributed by atoms with Crippen LogP contribution < -0.4 is 5.73 Å². The minimum atomic E-state index is -3.15. The number of alkyl halides is 2. The highest BCUT2D eigenvalue weighted by atomic mass is 19.3. The molecule has 18 heavy (non-hydrogen) atoms. The molecular formula is C9H9F2N3O4. The van der Waals surface area contributed by atoms with E-state index < -0.39 is 40.1 Å². The summed E-state index contributed by atoms with van der Waals surface area (Å²) in [5.41, 5.74) is 3.90. The van der Waals surface area contributed by atoms with Crippen LogP contribution in [0.3, 0.4) is 0 Å². The number of rotatable bonds is 4. The van der Waals surface area contributed by atoms with Gasteiger partial charge in [-0.25, -0.2) is 13.6 Å². The minimum Gasteiger partial charge on any atom is -0.462 e. The number of carbonyl (C=O) groups excluding carboxylic acids is 1. The SMILES string of the molecule is CCOC(=O)c1cc(C(F)F)c([N+](=O)[O-])nc1N. The van der Waals surface area contributed by atoms with Gasteiger partial charge in [0, 0.05) is 0 Å². The number of hydrogen-bond acceptors (Lipinski definition) is 6. The predicted octanol–water partition coefficient (Wildman–Crippen LogP) is 1.69. The largest absolute Gasteiger partial charge is 0.462 e. The van der Waals surface area contributed by atoms with Crippen LogP contribution in [0.15, 0.2) is 6.07 Å². The molecule has 0 saturated heterocycles. The fourth-order valence-corrected chi connectivity index (χ4v) is 1.21. The van der Waals surface area contributed by atoms with Gasteiger partial charge in [0.15, 0.2) is 0 Å². The van der Waals surface area contributed by atoms with Crippen LogP contribution in [-0.4, -0.2) is 22.5 Å². The molecule has 9 heteroatoms. The van der Waals surface area contributed by atoms with Crippen molar-refractivity contribution in [1.82, 2.24) is 4.98 Å². The van der Waals surface area contributed by atoms with E-state index in [4.69, 9.17) is 5.73 Å². The Balaban J connectivity index is 3.36. The van der Waals surface area contributed by atoms with E-state index >= 15 is 0 Å². The molecule has 98 valence electrons. The van der Waals surface area contributed by atoms with Crippen molar-refractivity contribution in [3.63, 3.8) is 0 Å². The van der Waals surface area contributed by atoms with Gasteiger partial charge < -0.3 is 20.6 Å². The Morgan fingerprint density at radius 2 is 2.28 bits per heavy atom. The monoisotopic (exact) mass is 261 g/mol. The molecule has 0 aliphatic rings. The highest BCUT2D eigenvalue weighted by molar-refractivity contribution is 5.94. The Labute approximate surface area is 99.7 Å². The molecule has 0 aromatic carbocycles. The molecule has 1 aromatic heterocycles. The van der Waals surface area contributed by atoms with Gasteiger partial charge in [-0.15, -0.1) is 0 Å². The van der Waals surface area contributed by atoms with Crippen LogP contribution in [0.25, 0.3) is 0 Å². The maximum Gasteiger partial charge on any atom is 0.374 e. The van der Waals surface area contributed by atoms with Crippen LogP contribution in [0.2, 0.25) is 0 Å². The Morgan fingerprint density at radius 3 is 2.72 bits per heavy atom. The van der Waals surface area contributed by atoms with E-state index in [1.807, 2.05) is 0 Å². The van der Waals surface area contributed by atoms with Gasteiger partial charge in [0.05, 0.1) is 6.61 Å². The third-order valence-electron chi connectivity index (χ3n) is 1.96. The summed E-state index contributed by atoms with van der Waals surface area (Å²) in [6.45, 7) is 1.53. The van der Waals surface area contributed by atoms with Gasteiger partial charge >= 0.3 is 11.8 Å². The number of esters is 1. The lowest BCUT2D eigenvalue weighted by Gasteiger charge is -2.06. The summed E-state index contributed by atoms with van der Waals surface area (Å²) in [5.74, 6) is -2.56. The van der Waals surface area contributed by atoms with Gasteiger partial charge in [0.25, 0.3) is 12.2 Å². The number of anilines is 1. The quantitative estimate of drug-likeness (QED) is 0.501. The summed E-state index contributed by atoms with van der Waals surface area (Å²) in [6, 6.07) is 0.628. The first-order chi connectivity index (χ1) is 8.38. The van der Waals surface area contributed by atoms with Gasteiger partial charge in [-0.3, -0.25) is 0 Å². The Morgan fingerprint density at radius 1 is 1.67 bits per heavy atom. The molecule has 1 aromatic rings. The Kier molecular flexibility index (Phi) is 4.08. The Bertz CT molecular complexity index is 493. The van der Waals surface area contributed by atoms with Gasteiger partial charge in [-0.2, -0.15) is 0 Å². The summed E-state index contributed by atoms with van der Waals surface area (Å²) >= 11 is 0. The number of carbonyl (C=O) groups is 1. The highest BCUT2D eigenvalue weighted by Gasteiger charge is 2.29. The number of aromatic nitrogens is 1. The third-order valence-corrected chi connectivity index (χ3v) is 1.96. The average molecular weight is 261 g/mol. The molecule has 2 N–H and O–H groups in total. The van der Waals surface area contributed by atoms with Crippen molar-refractivity contribution in [3.8, 4) is 0 Å². The molecule has 0 amide bonds. The normalized spacial score (nSPS) is 10.4. The number of ether oxygens (including phenoxy) is 1. The molecule has 0 fully saturated rings. The van der Waals surface area contributed by atoms with Crippen LogP contribution in [0.1, 0.15) is 29.3 Å². The van der Waals surface area contributed by atoms with E-state index in [9.17, 15) is 23.7 Å². The number of nitro groups is 1. The van der Waals surface area contributed by atoms with Crippen LogP contribution in [0, 0.1) is 10.1 Å². The zero-order valence-electron chi connectivity index (χ0n) is 9.22. The fourth-order valence-electron chi connectivity index (χ4n) is 1.21. The number of nitrogens with two attached hydrogens (primary N) is 1. The van der Waals surface area contributed by atoms with E-state index in [-0.39, 0.29) is 6.61 Å². The predicted molar refractivity (Wildman–Crippen MR) is 56.2 cm³/mol. The van der Waals surface area contributed by atoms with E-state index in [1.165, 1.54) is 6.92 Å². The minimum absolute atomic E-state index is 0.0132. The first kappa shape index (κ1) is 13.7. The van der Waals surface area contributed by atoms with Crippen molar-refractivity contribution < 1.29 is 23.2 Å². The standard InChI is InChI=1S/C9H9F2N3O4/c1-2-18-9(15)5-3-4(6(10)11)8(14(16)17)13-7(5)12/h3,6H,2H2,1H3,(H2,12,13). The molecule has 7 nitrogen and oxygen atoms in total. The van der Waals surface area contributed by atoms with Crippen molar-refractivity contribution >= 4 is 17.6 Å². The zero-order valence-corrected chi connectivity index (χ0v) is 9.22. The van der Waals surface area contributed by atoms with Gasteiger partial charge in [-0.1, -0.05) is 0 Å². The first-order valence-electron chi connectivity index (χ1n) is 4.78. The summed E-state index contributed by atoms with van der Waals surface area (Å²) in [4.78, 5) is 24.0. The Hall–Kier alpha value is -2.32. The molecule has 0 radical (unpaired) electrons. The lowest BCUT2D eigenvalue weighted by atomic mass is 10.1. The summed E-state index contributed by atoms with van der Waals surface area (Å²) < 4.78 is 29.8. The van der Waals surface area contributed by atoms with E-state index in [1.54, 1.807) is 0 Å². The van der Waals surface area contributed by atoms with Crippen molar-refractivity contribution in [2.24, 2.45) is 0 Å². The third kappa shape index (κ3) is 2.67. The number of hydrogen-bond donors (Lipinski definition) is 1. The van der Waals surface area contributed by atoms with Crippen molar-refractivity contribution in [2.75, 3.05) is 12.3 Å². The lowest BCUT2D eigenvalue weighted by Crippen LogP contribution is -2.12. The van der Waals surface area contributed by atoms with Gasteiger partial charge in [0.1, 0.15) is 11.1 Å². The lowest BCUT2D eigenvalue weighted by molar-refractivity contribution is -0.390. The molecule has 0 atom stereocenters. The van der Waals surface area contributed by atoms with E-state index in [0.29, 0.717) is 6.07 Å². The van der Waals surface area contributed by atoms with Crippen molar-refractivity contribution in [1.29, 1.82) is 0 Å². The number of nitrogen functional groups attached to an aromatic ring is 1. The topological polar surface area (TPSA) is 108 Å². The maximum absolute atomic E-state index is 12.6. The van der Waals surface area contributed by atoms with Gasteiger partial charge in [-0.05, 0) is 22.9 Å². The van der Waals surface area contributed by atoms with Crippen molar-refractivity contribution in [2.45, 2.75) is 13.3 Å². The molecule has 0 bridgehead atoms. The summed E-state index contributed by atoms with van der Waals surface area (Å²) in [7, 11) is 0. The summed E-state index contributed by atoms with van der Waals surface area (Å²) in [6.07, 6.45) is -3.15. The molecule has 1 heterocycles. The molecule has 0 unspecified atom stereocenters. The number of halogens is 2. The maximum atomic E-state index is 12.6. The van der Waals surface area contributed by atoms with E-state index in [0.717, 1.165) is 0 Å². The number of nitrogens with zero attached hydrogens (tertiary/aromatic N) is 2. The molecule has 0 aliphatic heterocycles. The smallest absolute Gasteiger partial charge is 0.374 e.